The normalized spacial score (nSPS) is 14.5. The number of furan rings is 1. The minimum atomic E-state index is -0.578. The van der Waals surface area contributed by atoms with Crippen LogP contribution < -0.4 is 10.1 Å². The SMILES string of the molecule is CCCCCSc1nnc2c(n1)OC(c1ccc(-c3cccc(Cl)c3C)o1)Nc1ccccc1-2. The largest absolute Gasteiger partial charge is 0.455 e. The highest BCUT2D eigenvalue weighted by Gasteiger charge is 2.28. The molecule has 4 aromatic rings. The van der Waals surface area contributed by atoms with Gasteiger partial charge in [0.05, 0.1) is 0 Å². The van der Waals surface area contributed by atoms with Crippen molar-refractivity contribution >= 4 is 29.1 Å². The molecule has 174 valence electrons. The Morgan fingerprint density at radius 1 is 1.00 bits per heavy atom. The zero-order valence-electron chi connectivity index (χ0n) is 19.0. The Morgan fingerprint density at radius 3 is 2.74 bits per heavy atom. The first kappa shape index (κ1) is 22.7. The van der Waals surface area contributed by atoms with Gasteiger partial charge in [-0.05, 0) is 43.2 Å². The topological polar surface area (TPSA) is 73.1 Å². The highest BCUT2D eigenvalue weighted by atomic mass is 35.5. The molecule has 1 aliphatic rings. The summed E-state index contributed by atoms with van der Waals surface area (Å²) in [6.45, 7) is 4.17. The predicted molar refractivity (Wildman–Crippen MR) is 136 cm³/mol. The number of hydrogen-bond acceptors (Lipinski definition) is 7. The van der Waals surface area contributed by atoms with E-state index < -0.39 is 6.23 Å². The highest BCUT2D eigenvalue weighted by Crippen LogP contribution is 2.40. The molecule has 0 saturated heterocycles. The van der Waals surface area contributed by atoms with E-state index >= 15 is 0 Å². The molecular weight excluding hydrogens is 468 g/mol. The molecule has 2 aromatic heterocycles. The zero-order valence-corrected chi connectivity index (χ0v) is 20.6. The van der Waals surface area contributed by atoms with Gasteiger partial charge >= 0.3 is 0 Å². The fourth-order valence-corrected chi connectivity index (χ4v) is 4.82. The maximum Gasteiger partial charge on any atom is 0.247 e. The van der Waals surface area contributed by atoms with Crippen molar-refractivity contribution in [3.05, 3.63) is 70.9 Å². The van der Waals surface area contributed by atoms with Crippen molar-refractivity contribution in [1.82, 2.24) is 15.2 Å². The number of thioether (sulfide) groups is 1. The van der Waals surface area contributed by atoms with Crippen LogP contribution in [0.3, 0.4) is 0 Å². The lowest BCUT2D eigenvalue weighted by atomic mass is 10.1. The molecule has 3 heterocycles. The summed E-state index contributed by atoms with van der Waals surface area (Å²) >= 11 is 7.92. The number of hydrogen-bond donors (Lipinski definition) is 1. The van der Waals surface area contributed by atoms with E-state index in [0.717, 1.165) is 40.3 Å². The molecule has 1 atom stereocenters. The summed E-state index contributed by atoms with van der Waals surface area (Å²) in [4.78, 5) is 4.70. The Balaban J connectivity index is 1.48. The van der Waals surface area contributed by atoms with Crippen molar-refractivity contribution in [2.45, 2.75) is 44.5 Å². The number of aromatic nitrogens is 3. The number of para-hydroxylation sites is 1. The molecule has 0 amide bonds. The molecule has 0 aliphatic carbocycles. The average Bonchev–Trinajstić information content (AvgIpc) is 3.27. The second-order valence-corrected chi connectivity index (χ2v) is 9.58. The van der Waals surface area contributed by atoms with E-state index in [1.165, 1.54) is 12.8 Å². The van der Waals surface area contributed by atoms with Crippen molar-refractivity contribution in [2.75, 3.05) is 11.1 Å². The van der Waals surface area contributed by atoms with Gasteiger partial charge in [-0.25, -0.2) is 0 Å². The number of nitrogens with one attached hydrogen (secondary N) is 1. The van der Waals surface area contributed by atoms with Gasteiger partial charge < -0.3 is 14.5 Å². The number of fused-ring (bicyclic) bond motifs is 3. The lowest BCUT2D eigenvalue weighted by Crippen LogP contribution is -2.16. The molecule has 0 radical (unpaired) electrons. The molecule has 1 N–H and O–H groups in total. The zero-order chi connectivity index (χ0) is 23.5. The maximum absolute atomic E-state index is 6.34. The van der Waals surface area contributed by atoms with Crippen LogP contribution in [0.5, 0.6) is 5.88 Å². The lowest BCUT2D eigenvalue weighted by Gasteiger charge is -2.17. The molecule has 0 bridgehead atoms. The van der Waals surface area contributed by atoms with Crippen LogP contribution in [-0.4, -0.2) is 20.9 Å². The van der Waals surface area contributed by atoms with Gasteiger partial charge in [-0.1, -0.05) is 73.5 Å². The van der Waals surface area contributed by atoms with Gasteiger partial charge in [-0.15, -0.1) is 10.2 Å². The monoisotopic (exact) mass is 492 g/mol. The minimum absolute atomic E-state index is 0.437. The smallest absolute Gasteiger partial charge is 0.247 e. The molecule has 34 heavy (non-hydrogen) atoms. The van der Waals surface area contributed by atoms with Gasteiger partial charge in [-0.2, -0.15) is 4.98 Å². The minimum Gasteiger partial charge on any atom is -0.455 e. The van der Waals surface area contributed by atoms with Crippen molar-refractivity contribution < 1.29 is 9.15 Å². The second-order valence-electron chi connectivity index (χ2n) is 8.11. The van der Waals surface area contributed by atoms with E-state index in [0.29, 0.717) is 27.5 Å². The van der Waals surface area contributed by atoms with Crippen LogP contribution in [0.1, 0.15) is 43.7 Å². The summed E-state index contributed by atoms with van der Waals surface area (Å²) in [7, 11) is 0. The Bertz CT molecular complexity index is 1310. The highest BCUT2D eigenvalue weighted by molar-refractivity contribution is 7.99. The van der Waals surface area contributed by atoms with E-state index in [1.54, 1.807) is 11.8 Å². The van der Waals surface area contributed by atoms with Gasteiger partial charge in [0.1, 0.15) is 5.76 Å². The summed E-state index contributed by atoms with van der Waals surface area (Å²) in [5, 5.41) is 13.6. The Kier molecular flexibility index (Phi) is 6.74. The van der Waals surface area contributed by atoms with Gasteiger partial charge in [-0.3, -0.25) is 0 Å². The summed E-state index contributed by atoms with van der Waals surface area (Å²) < 4.78 is 12.6. The van der Waals surface area contributed by atoms with E-state index in [-0.39, 0.29) is 0 Å². The molecule has 6 nitrogen and oxygen atoms in total. The predicted octanol–water partition coefficient (Wildman–Crippen LogP) is 7.55. The number of nitrogens with zero attached hydrogens (tertiary/aromatic N) is 3. The summed E-state index contributed by atoms with van der Waals surface area (Å²) in [5.74, 6) is 2.75. The van der Waals surface area contributed by atoms with Crippen LogP contribution in [-0.2, 0) is 0 Å². The van der Waals surface area contributed by atoms with Gasteiger partial charge in [0.15, 0.2) is 11.5 Å². The van der Waals surface area contributed by atoms with Crippen molar-refractivity contribution in [1.29, 1.82) is 0 Å². The van der Waals surface area contributed by atoms with Crippen LogP contribution in [0.25, 0.3) is 22.6 Å². The van der Waals surface area contributed by atoms with Crippen LogP contribution in [0.15, 0.2) is 64.2 Å². The van der Waals surface area contributed by atoms with Gasteiger partial charge in [0.25, 0.3) is 0 Å². The third kappa shape index (κ3) is 4.63. The third-order valence-electron chi connectivity index (χ3n) is 5.73. The average molecular weight is 493 g/mol. The number of halogens is 1. The molecule has 5 rings (SSSR count). The number of unbranched alkanes of at least 4 members (excludes halogenated alkanes) is 2. The molecule has 2 aromatic carbocycles. The van der Waals surface area contributed by atoms with Gasteiger partial charge in [0, 0.05) is 27.6 Å². The first-order valence-corrected chi connectivity index (χ1v) is 12.8. The summed E-state index contributed by atoms with van der Waals surface area (Å²) in [6, 6.07) is 17.5. The van der Waals surface area contributed by atoms with Gasteiger partial charge in [0.2, 0.25) is 17.3 Å². The van der Waals surface area contributed by atoms with Crippen molar-refractivity contribution in [2.24, 2.45) is 0 Å². The molecule has 0 spiro atoms. The van der Waals surface area contributed by atoms with Crippen LogP contribution in [0.2, 0.25) is 5.02 Å². The van der Waals surface area contributed by atoms with Crippen molar-refractivity contribution in [3.63, 3.8) is 0 Å². The molecule has 1 aliphatic heterocycles. The quantitative estimate of drug-likeness (QED) is 0.211. The maximum atomic E-state index is 6.34. The molecule has 8 heteroatoms. The Hall–Kier alpha value is -3.03. The Labute approximate surface area is 208 Å². The molecular formula is C26H25ClN4O2S. The lowest BCUT2D eigenvalue weighted by molar-refractivity contribution is 0.196. The molecule has 0 saturated carbocycles. The van der Waals surface area contributed by atoms with E-state index in [9.17, 15) is 0 Å². The van der Waals surface area contributed by atoms with Crippen LogP contribution in [0, 0.1) is 6.92 Å². The number of benzene rings is 2. The van der Waals surface area contributed by atoms with Crippen LogP contribution >= 0.6 is 23.4 Å². The van der Waals surface area contributed by atoms with E-state index in [1.807, 2.05) is 61.5 Å². The number of ether oxygens (including phenoxy) is 1. The van der Waals surface area contributed by atoms with Crippen LogP contribution in [0.4, 0.5) is 5.69 Å². The number of anilines is 1. The second kappa shape index (κ2) is 10.1. The third-order valence-corrected chi connectivity index (χ3v) is 7.06. The first-order valence-electron chi connectivity index (χ1n) is 11.4. The van der Waals surface area contributed by atoms with Crippen molar-refractivity contribution in [3.8, 4) is 28.5 Å². The summed E-state index contributed by atoms with van der Waals surface area (Å²) in [5.41, 5.74) is 4.30. The standard InChI is InChI=1S/C26H25ClN4O2S/c1-3-4-7-15-34-26-29-25-23(30-31-26)18-9-5-6-12-20(18)28-24(33-25)22-14-13-21(32-22)17-10-8-11-19(27)16(17)2/h5-6,8-14,24,28H,3-4,7,15H2,1-2H3. The van der Waals surface area contributed by atoms with E-state index in [2.05, 4.69) is 22.4 Å². The fraction of sp³-hybridized carbons (Fsp3) is 0.269. The molecule has 0 fully saturated rings. The fourth-order valence-electron chi connectivity index (χ4n) is 3.87. The summed E-state index contributed by atoms with van der Waals surface area (Å²) in [6.07, 6.45) is 2.91. The number of rotatable bonds is 7. The Morgan fingerprint density at radius 2 is 1.85 bits per heavy atom. The molecule has 1 unspecified atom stereocenters. The van der Waals surface area contributed by atoms with E-state index in [4.69, 9.17) is 25.7 Å². The first-order chi connectivity index (χ1) is 16.6.